The van der Waals surface area contributed by atoms with Gasteiger partial charge in [0.15, 0.2) is 0 Å². The first-order valence-electron chi connectivity index (χ1n) is 7.17. The molecule has 24 heavy (non-hydrogen) atoms. The van der Waals surface area contributed by atoms with Crippen LogP contribution in [0.1, 0.15) is 23.6 Å². The van der Waals surface area contributed by atoms with Crippen LogP contribution < -0.4 is 5.32 Å². The van der Waals surface area contributed by atoms with E-state index in [1.54, 1.807) is 31.2 Å². The van der Waals surface area contributed by atoms with Gasteiger partial charge in [-0.2, -0.15) is 5.10 Å². The molecule has 1 atom stereocenters. The lowest BCUT2D eigenvalue weighted by Gasteiger charge is -2.12. The van der Waals surface area contributed by atoms with Crippen LogP contribution >= 0.6 is 11.6 Å². The molecule has 0 amide bonds. The minimum atomic E-state index is -1.16. The third-order valence-corrected chi connectivity index (χ3v) is 4.12. The molecule has 1 aromatic heterocycles. The monoisotopic (exact) mass is 347 g/mol. The van der Waals surface area contributed by atoms with Crippen LogP contribution in [0.2, 0.25) is 5.02 Å². The Hall–Kier alpha value is -2.80. The maximum absolute atomic E-state index is 11.6. The summed E-state index contributed by atoms with van der Waals surface area (Å²) in [5, 5.41) is 26.6. The molecule has 0 radical (unpaired) electrons. The lowest BCUT2D eigenvalue weighted by molar-refractivity contribution is -0.139. The van der Waals surface area contributed by atoms with Gasteiger partial charge in [0.25, 0.3) is 0 Å². The third kappa shape index (κ3) is 2.74. The highest BCUT2D eigenvalue weighted by Gasteiger charge is 2.32. The topological polar surface area (TPSA) is 104 Å². The summed E-state index contributed by atoms with van der Waals surface area (Å²) < 4.78 is 1.50. The second kappa shape index (κ2) is 6.01. The maximum Gasteiger partial charge on any atom is 0.352 e. The molecule has 8 heteroatoms. The standard InChI is InChI=1S/C16H14ClN3O4/c1-8-13-11(15(21)22)6-7-12(16(23)24)18-14(13)20(19-8)10-4-2-9(17)3-5-10/h2-5,7,11,18H,6H2,1H3,(H,21,22)(H,23,24). The summed E-state index contributed by atoms with van der Waals surface area (Å²) in [6.45, 7) is 1.70. The number of carboxylic acids is 2. The molecule has 1 aromatic carbocycles. The first-order chi connectivity index (χ1) is 11.4. The zero-order valence-electron chi connectivity index (χ0n) is 12.7. The van der Waals surface area contributed by atoms with E-state index in [0.717, 1.165) is 0 Å². The molecule has 124 valence electrons. The Morgan fingerprint density at radius 1 is 1.29 bits per heavy atom. The number of benzene rings is 1. The highest BCUT2D eigenvalue weighted by atomic mass is 35.5. The number of aryl methyl sites for hydroxylation is 1. The van der Waals surface area contributed by atoms with Crippen molar-refractivity contribution in [2.75, 3.05) is 5.32 Å². The molecule has 2 aromatic rings. The Bertz CT molecular complexity index is 855. The van der Waals surface area contributed by atoms with Gasteiger partial charge in [0.05, 0.1) is 17.3 Å². The second-order valence-corrected chi connectivity index (χ2v) is 5.85. The number of carboxylic acid groups (broad SMARTS) is 2. The third-order valence-electron chi connectivity index (χ3n) is 3.87. The number of halogens is 1. The Morgan fingerprint density at radius 2 is 1.96 bits per heavy atom. The van der Waals surface area contributed by atoms with Gasteiger partial charge < -0.3 is 15.5 Å². The number of hydrogen-bond acceptors (Lipinski definition) is 4. The summed E-state index contributed by atoms with van der Waals surface area (Å²) in [4.78, 5) is 23.0. The average molecular weight is 348 g/mol. The summed E-state index contributed by atoms with van der Waals surface area (Å²) >= 11 is 5.89. The van der Waals surface area contributed by atoms with Crippen molar-refractivity contribution in [1.82, 2.24) is 9.78 Å². The minimum Gasteiger partial charge on any atom is -0.481 e. The molecule has 3 rings (SSSR count). The number of hydrogen-bond donors (Lipinski definition) is 3. The number of anilines is 1. The molecule has 0 aliphatic carbocycles. The van der Waals surface area contributed by atoms with Gasteiger partial charge in [0.1, 0.15) is 11.5 Å². The zero-order valence-corrected chi connectivity index (χ0v) is 13.4. The molecular weight excluding hydrogens is 334 g/mol. The van der Waals surface area contributed by atoms with E-state index in [9.17, 15) is 19.8 Å². The fraction of sp³-hybridized carbons (Fsp3) is 0.188. The molecule has 0 bridgehead atoms. The molecule has 1 unspecified atom stereocenters. The van der Waals surface area contributed by atoms with Gasteiger partial charge in [-0.25, -0.2) is 9.48 Å². The molecule has 0 spiro atoms. The molecule has 0 saturated heterocycles. The first kappa shape index (κ1) is 16.1. The van der Waals surface area contributed by atoms with Gasteiger partial charge in [-0.05, 0) is 37.6 Å². The summed E-state index contributed by atoms with van der Waals surface area (Å²) in [5.74, 6) is -2.72. The SMILES string of the molecule is Cc1nn(-c2ccc(Cl)cc2)c2c1C(C(=O)O)CC=C(C(=O)O)N2. The molecule has 2 heterocycles. The number of carbonyl (C=O) groups is 2. The largest absolute Gasteiger partial charge is 0.481 e. The number of rotatable bonds is 3. The van der Waals surface area contributed by atoms with Crippen LogP contribution in [0.25, 0.3) is 5.69 Å². The predicted octanol–water partition coefficient (Wildman–Crippen LogP) is 2.79. The van der Waals surface area contributed by atoms with E-state index in [-0.39, 0.29) is 12.1 Å². The van der Waals surface area contributed by atoms with E-state index in [4.69, 9.17) is 11.6 Å². The normalized spacial score (nSPS) is 16.6. The van der Waals surface area contributed by atoms with E-state index in [0.29, 0.717) is 27.8 Å². The fourth-order valence-electron chi connectivity index (χ4n) is 2.74. The van der Waals surface area contributed by atoms with E-state index >= 15 is 0 Å². The quantitative estimate of drug-likeness (QED) is 0.788. The molecule has 3 N–H and O–H groups in total. The lowest BCUT2D eigenvalue weighted by Crippen LogP contribution is -2.14. The van der Waals surface area contributed by atoms with Crippen LogP contribution in [0.5, 0.6) is 0 Å². The van der Waals surface area contributed by atoms with Crippen LogP contribution in [0.4, 0.5) is 5.82 Å². The smallest absolute Gasteiger partial charge is 0.352 e. The molecular formula is C16H14ClN3O4. The minimum absolute atomic E-state index is 0.0735. The summed E-state index contributed by atoms with van der Waals surface area (Å²) in [6.07, 6.45) is 1.46. The molecule has 1 aliphatic heterocycles. The van der Waals surface area contributed by atoms with Crippen molar-refractivity contribution < 1.29 is 19.8 Å². The van der Waals surface area contributed by atoms with E-state index in [1.165, 1.54) is 10.8 Å². The average Bonchev–Trinajstić information content (AvgIpc) is 2.72. The highest BCUT2D eigenvalue weighted by molar-refractivity contribution is 6.30. The second-order valence-electron chi connectivity index (χ2n) is 5.41. The molecule has 7 nitrogen and oxygen atoms in total. The molecule has 0 fully saturated rings. The Labute approximate surface area is 142 Å². The van der Waals surface area contributed by atoms with Crippen molar-refractivity contribution in [2.24, 2.45) is 0 Å². The van der Waals surface area contributed by atoms with Crippen LogP contribution in [-0.2, 0) is 9.59 Å². The number of aromatic nitrogens is 2. The van der Waals surface area contributed by atoms with Gasteiger partial charge >= 0.3 is 11.9 Å². The fourth-order valence-corrected chi connectivity index (χ4v) is 2.87. The van der Waals surface area contributed by atoms with Crippen molar-refractivity contribution in [3.05, 3.63) is 52.3 Å². The first-order valence-corrected chi connectivity index (χ1v) is 7.55. The van der Waals surface area contributed by atoms with Gasteiger partial charge in [-0.3, -0.25) is 4.79 Å². The van der Waals surface area contributed by atoms with Gasteiger partial charge in [0.2, 0.25) is 0 Å². The molecule has 0 saturated carbocycles. The van der Waals surface area contributed by atoms with Crippen LogP contribution in [-0.4, -0.2) is 31.9 Å². The number of fused-ring (bicyclic) bond motifs is 1. The van der Waals surface area contributed by atoms with E-state index in [1.807, 2.05) is 0 Å². The highest BCUT2D eigenvalue weighted by Crippen LogP contribution is 2.36. The zero-order chi connectivity index (χ0) is 17.4. The van der Waals surface area contributed by atoms with E-state index < -0.39 is 17.9 Å². The number of allylic oxidation sites excluding steroid dienone is 1. The maximum atomic E-state index is 11.6. The van der Waals surface area contributed by atoms with E-state index in [2.05, 4.69) is 10.4 Å². The molecule has 1 aliphatic rings. The summed E-state index contributed by atoms with van der Waals surface area (Å²) in [5.41, 5.74) is 1.58. The Morgan fingerprint density at radius 3 is 2.54 bits per heavy atom. The van der Waals surface area contributed by atoms with Gasteiger partial charge in [-0.1, -0.05) is 17.7 Å². The summed E-state index contributed by atoms with van der Waals surface area (Å²) in [6, 6.07) is 6.81. The van der Waals surface area contributed by atoms with Crippen molar-refractivity contribution in [3.8, 4) is 5.69 Å². The van der Waals surface area contributed by atoms with Crippen molar-refractivity contribution >= 4 is 29.4 Å². The van der Waals surface area contributed by atoms with Gasteiger partial charge in [-0.15, -0.1) is 0 Å². The van der Waals surface area contributed by atoms with Crippen molar-refractivity contribution in [1.29, 1.82) is 0 Å². The van der Waals surface area contributed by atoms with Crippen LogP contribution in [0.15, 0.2) is 36.0 Å². The summed E-state index contributed by atoms with van der Waals surface area (Å²) in [7, 11) is 0. The number of aliphatic carboxylic acids is 2. The Balaban J connectivity index is 2.20. The lowest BCUT2D eigenvalue weighted by atomic mass is 9.96. The van der Waals surface area contributed by atoms with Gasteiger partial charge in [0, 0.05) is 10.6 Å². The van der Waals surface area contributed by atoms with Crippen molar-refractivity contribution in [3.63, 3.8) is 0 Å². The predicted molar refractivity (Wildman–Crippen MR) is 87.6 cm³/mol. The number of nitrogens with zero attached hydrogens (tertiary/aromatic N) is 2. The van der Waals surface area contributed by atoms with Crippen LogP contribution in [0.3, 0.4) is 0 Å². The van der Waals surface area contributed by atoms with Crippen molar-refractivity contribution in [2.45, 2.75) is 19.3 Å². The Kier molecular flexibility index (Phi) is 4.02. The van der Waals surface area contributed by atoms with Crippen LogP contribution in [0, 0.1) is 6.92 Å². The number of nitrogens with one attached hydrogen (secondary N) is 1.